The van der Waals surface area contributed by atoms with E-state index >= 15 is 0 Å². The Kier molecular flexibility index (Phi) is 7.48. The summed E-state index contributed by atoms with van der Waals surface area (Å²) in [4.78, 5) is 26.0. The number of ether oxygens (including phenoxy) is 1. The smallest absolute Gasteiger partial charge is 0.261 e. The summed E-state index contributed by atoms with van der Waals surface area (Å²) in [5, 5.41) is 5.60. The molecule has 0 unspecified atom stereocenters. The highest BCUT2D eigenvalue weighted by Crippen LogP contribution is 2.23. The van der Waals surface area contributed by atoms with Crippen molar-refractivity contribution in [1.29, 1.82) is 0 Å². The lowest BCUT2D eigenvalue weighted by molar-refractivity contribution is 0.0858. The zero-order valence-electron chi connectivity index (χ0n) is 19.3. The normalized spacial score (nSPS) is 15.4. The van der Waals surface area contributed by atoms with Gasteiger partial charge in [0.15, 0.2) is 0 Å². The van der Waals surface area contributed by atoms with Gasteiger partial charge < -0.3 is 15.4 Å². The molecule has 1 saturated heterocycles. The number of sulfonamides is 1. The Morgan fingerprint density at radius 2 is 1.51 bits per heavy atom. The van der Waals surface area contributed by atoms with Gasteiger partial charge in [-0.2, -0.15) is 0 Å². The molecule has 1 fully saturated rings. The van der Waals surface area contributed by atoms with Crippen molar-refractivity contribution in [2.24, 2.45) is 0 Å². The van der Waals surface area contributed by atoms with E-state index in [1.807, 2.05) is 6.92 Å². The molecular formula is C26H27N3O5S. The second-order valence-corrected chi connectivity index (χ2v) is 9.99. The van der Waals surface area contributed by atoms with Crippen LogP contribution in [0.1, 0.15) is 39.1 Å². The van der Waals surface area contributed by atoms with Crippen LogP contribution in [0.2, 0.25) is 0 Å². The van der Waals surface area contributed by atoms with E-state index in [-0.39, 0.29) is 28.2 Å². The first-order valence-corrected chi connectivity index (χ1v) is 12.8. The number of hydrogen-bond acceptors (Lipinski definition) is 5. The molecule has 0 aliphatic carbocycles. The maximum atomic E-state index is 13.1. The fraction of sp³-hybridized carbons (Fsp3) is 0.231. The highest BCUT2D eigenvalue weighted by Gasteiger charge is 2.21. The third kappa shape index (κ3) is 6.06. The number of aryl methyl sites for hydroxylation is 1. The number of hydrogen-bond donors (Lipinski definition) is 3. The van der Waals surface area contributed by atoms with Crippen LogP contribution in [0.15, 0.2) is 77.7 Å². The van der Waals surface area contributed by atoms with Crippen molar-refractivity contribution in [3.8, 4) is 0 Å². The molecule has 35 heavy (non-hydrogen) atoms. The van der Waals surface area contributed by atoms with E-state index in [0.29, 0.717) is 24.4 Å². The van der Waals surface area contributed by atoms with Crippen molar-refractivity contribution in [2.45, 2.75) is 30.8 Å². The van der Waals surface area contributed by atoms with Crippen LogP contribution in [0, 0.1) is 6.92 Å². The molecule has 182 valence electrons. The number of para-hydroxylation sites is 2. The summed E-state index contributed by atoms with van der Waals surface area (Å²) >= 11 is 0. The minimum Gasteiger partial charge on any atom is -0.376 e. The number of carbonyl (C=O) groups excluding carboxylic acids is 2. The van der Waals surface area contributed by atoms with E-state index in [1.165, 1.54) is 24.3 Å². The molecule has 0 bridgehead atoms. The van der Waals surface area contributed by atoms with Crippen LogP contribution >= 0.6 is 0 Å². The molecule has 1 aliphatic heterocycles. The van der Waals surface area contributed by atoms with Gasteiger partial charge in [-0.15, -0.1) is 0 Å². The number of nitrogens with one attached hydrogen (secondary N) is 3. The van der Waals surface area contributed by atoms with Crippen molar-refractivity contribution in [3.05, 3.63) is 89.5 Å². The van der Waals surface area contributed by atoms with Gasteiger partial charge in [0.2, 0.25) is 0 Å². The molecule has 4 rings (SSSR count). The van der Waals surface area contributed by atoms with Crippen molar-refractivity contribution >= 4 is 33.2 Å². The molecule has 0 radical (unpaired) electrons. The van der Waals surface area contributed by atoms with E-state index in [0.717, 1.165) is 18.4 Å². The summed E-state index contributed by atoms with van der Waals surface area (Å²) in [7, 11) is -3.90. The van der Waals surface area contributed by atoms with E-state index in [9.17, 15) is 18.0 Å². The number of rotatable bonds is 8. The molecule has 0 saturated carbocycles. The lowest BCUT2D eigenvalue weighted by Gasteiger charge is -2.15. The minimum absolute atomic E-state index is 0.00543. The Hall–Kier alpha value is -3.69. The molecule has 3 aromatic rings. The van der Waals surface area contributed by atoms with Crippen molar-refractivity contribution < 1.29 is 22.7 Å². The molecule has 2 amide bonds. The Bertz CT molecular complexity index is 1320. The van der Waals surface area contributed by atoms with Gasteiger partial charge in [-0.1, -0.05) is 42.0 Å². The van der Waals surface area contributed by atoms with Gasteiger partial charge in [-0.3, -0.25) is 14.3 Å². The monoisotopic (exact) mass is 493 g/mol. The number of anilines is 2. The Morgan fingerprint density at radius 3 is 2.17 bits per heavy atom. The van der Waals surface area contributed by atoms with E-state index < -0.39 is 15.9 Å². The second-order valence-electron chi connectivity index (χ2n) is 8.31. The molecule has 1 atom stereocenters. The van der Waals surface area contributed by atoms with Crippen LogP contribution in [0.5, 0.6) is 0 Å². The van der Waals surface area contributed by atoms with Crippen molar-refractivity contribution in [2.75, 3.05) is 23.2 Å². The molecular weight excluding hydrogens is 466 g/mol. The molecule has 9 heteroatoms. The fourth-order valence-corrected chi connectivity index (χ4v) is 4.86. The fourth-order valence-electron chi connectivity index (χ4n) is 3.78. The Balaban J connectivity index is 1.51. The first-order valence-electron chi connectivity index (χ1n) is 11.3. The molecule has 1 heterocycles. The summed E-state index contributed by atoms with van der Waals surface area (Å²) in [6, 6.07) is 19.4. The molecule has 0 aromatic heterocycles. The molecule has 3 aromatic carbocycles. The van der Waals surface area contributed by atoms with Gasteiger partial charge in [0.25, 0.3) is 21.8 Å². The van der Waals surface area contributed by atoms with Crippen LogP contribution in [0.3, 0.4) is 0 Å². The van der Waals surface area contributed by atoms with E-state index in [4.69, 9.17) is 4.74 Å². The Morgan fingerprint density at radius 1 is 0.886 bits per heavy atom. The number of amides is 2. The first-order chi connectivity index (χ1) is 16.8. The predicted molar refractivity (Wildman–Crippen MR) is 134 cm³/mol. The molecule has 8 nitrogen and oxygen atoms in total. The summed E-state index contributed by atoms with van der Waals surface area (Å²) in [6.07, 6.45) is 1.86. The van der Waals surface area contributed by atoms with E-state index in [1.54, 1.807) is 48.5 Å². The SMILES string of the molecule is Cc1ccc(S(=O)(=O)Nc2ccccc2C(=O)Nc2ccccc2C(=O)NC[C@H]2CCCO2)cc1. The van der Waals surface area contributed by atoms with E-state index in [2.05, 4.69) is 15.4 Å². The third-order valence-electron chi connectivity index (χ3n) is 5.68. The maximum absolute atomic E-state index is 13.1. The van der Waals surface area contributed by atoms with Crippen molar-refractivity contribution in [3.63, 3.8) is 0 Å². The standard InChI is InChI=1S/C26H27N3O5S/c1-18-12-14-20(15-13-18)35(32,33)29-24-11-5-3-9-22(24)26(31)28-23-10-4-2-8-21(23)25(30)27-17-19-7-6-16-34-19/h2-5,8-15,19,29H,6-7,16-17H2,1H3,(H,27,30)(H,28,31)/t19-/m1/s1. The van der Waals surface area contributed by atoms with Crippen LogP contribution in [0.25, 0.3) is 0 Å². The first kappa shape index (κ1) is 24.4. The third-order valence-corrected chi connectivity index (χ3v) is 7.06. The highest BCUT2D eigenvalue weighted by molar-refractivity contribution is 7.92. The average Bonchev–Trinajstić information content (AvgIpc) is 3.37. The second kappa shape index (κ2) is 10.7. The largest absolute Gasteiger partial charge is 0.376 e. The predicted octanol–water partition coefficient (Wildman–Crippen LogP) is 3.96. The van der Waals surface area contributed by atoms with Crippen LogP contribution in [-0.2, 0) is 14.8 Å². The topological polar surface area (TPSA) is 114 Å². The van der Waals surface area contributed by atoms with Crippen molar-refractivity contribution in [1.82, 2.24) is 5.32 Å². The van der Waals surface area contributed by atoms with Gasteiger partial charge >= 0.3 is 0 Å². The lowest BCUT2D eigenvalue weighted by atomic mass is 10.1. The quantitative estimate of drug-likeness (QED) is 0.440. The average molecular weight is 494 g/mol. The highest BCUT2D eigenvalue weighted by atomic mass is 32.2. The zero-order valence-corrected chi connectivity index (χ0v) is 20.1. The summed E-state index contributed by atoms with van der Waals surface area (Å²) in [5.74, 6) is -0.878. The molecule has 0 spiro atoms. The van der Waals surface area contributed by atoms with Crippen LogP contribution < -0.4 is 15.4 Å². The summed E-state index contributed by atoms with van der Waals surface area (Å²) in [5.41, 5.74) is 1.81. The molecule has 1 aliphatic rings. The maximum Gasteiger partial charge on any atom is 0.261 e. The van der Waals surface area contributed by atoms with Crippen LogP contribution in [-0.4, -0.2) is 39.5 Å². The molecule has 3 N–H and O–H groups in total. The number of carbonyl (C=O) groups is 2. The van der Waals surface area contributed by atoms with Gasteiger partial charge in [-0.25, -0.2) is 8.42 Å². The minimum atomic E-state index is -3.90. The Labute approximate surface area is 204 Å². The zero-order chi connectivity index (χ0) is 24.8. The summed E-state index contributed by atoms with van der Waals surface area (Å²) in [6.45, 7) is 2.95. The lowest BCUT2D eigenvalue weighted by Crippen LogP contribution is -2.32. The van der Waals surface area contributed by atoms with Crippen LogP contribution in [0.4, 0.5) is 11.4 Å². The number of benzene rings is 3. The van der Waals surface area contributed by atoms with Gasteiger partial charge in [-0.05, 0) is 56.2 Å². The van der Waals surface area contributed by atoms with Gasteiger partial charge in [0.1, 0.15) is 0 Å². The summed E-state index contributed by atoms with van der Waals surface area (Å²) < 4.78 is 33.8. The van der Waals surface area contributed by atoms with Gasteiger partial charge in [0.05, 0.1) is 33.5 Å². The van der Waals surface area contributed by atoms with Gasteiger partial charge in [0, 0.05) is 13.2 Å².